The molecule has 0 aromatic heterocycles. The lowest BCUT2D eigenvalue weighted by Crippen LogP contribution is -2.22. The van der Waals surface area contributed by atoms with E-state index in [1.807, 2.05) is 0 Å². The summed E-state index contributed by atoms with van der Waals surface area (Å²) in [6.45, 7) is 0.517. The largest absolute Gasteiger partial charge is 0.490 e. The van der Waals surface area contributed by atoms with E-state index < -0.39 is 52.4 Å². The van der Waals surface area contributed by atoms with E-state index in [1.165, 1.54) is 12.1 Å². The van der Waals surface area contributed by atoms with Crippen molar-refractivity contribution in [1.29, 1.82) is 0 Å². The third-order valence-corrected chi connectivity index (χ3v) is 6.35. The summed E-state index contributed by atoms with van der Waals surface area (Å²) in [4.78, 5) is 25.3. The van der Waals surface area contributed by atoms with Gasteiger partial charge in [0.15, 0.2) is 0 Å². The Kier molecular flexibility index (Phi) is 5.55. The first-order valence-electron chi connectivity index (χ1n) is 10.5. The van der Waals surface area contributed by atoms with Crippen LogP contribution in [0.4, 0.5) is 27.6 Å². The number of anilines is 1. The molecule has 0 aliphatic carbocycles. The van der Waals surface area contributed by atoms with Gasteiger partial charge in [0.05, 0.1) is 28.4 Å². The maximum absolute atomic E-state index is 15.4. The molecule has 12 heteroatoms. The van der Waals surface area contributed by atoms with Crippen LogP contribution in [0.25, 0.3) is 11.1 Å². The van der Waals surface area contributed by atoms with Crippen LogP contribution < -0.4 is 21.1 Å². The van der Waals surface area contributed by atoms with Crippen molar-refractivity contribution >= 4 is 29.1 Å². The Morgan fingerprint density at radius 1 is 1.11 bits per heavy atom. The van der Waals surface area contributed by atoms with Crippen molar-refractivity contribution in [2.75, 3.05) is 18.5 Å². The van der Waals surface area contributed by atoms with Gasteiger partial charge in [-0.15, -0.1) is 0 Å². The van der Waals surface area contributed by atoms with Crippen LogP contribution in [0.3, 0.4) is 0 Å². The molecule has 1 atom stereocenters. The molecular weight excluding hydrogens is 509 g/mol. The highest BCUT2D eigenvalue weighted by atomic mass is 35.5. The summed E-state index contributed by atoms with van der Waals surface area (Å²) in [5.74, 6) is -3.91. The van der Waals surface area contributed by atoms with Crippen LogP contribution in [0.2, 0.25) is 5.02 Å². The molecule has 186 valence electrons. The molecule has 4 N–H and O–H groups in total. The molecule has 6 nitrogen and oxygen atoms in total. The van der Waals surface area contributed by atoms with E-state index in [9.17, 15) is 27.2 Å². The van der Waals surface area contributed by atoms with E-state index in [0.29, 0.717) is 12.6 Å². The highest BCUT2D eigenvalue weighted by Gasteiger charge is 2.40. The van der Waals surface area contributed by atoms with E-state index >= 15 is 4.39 Å². The number of hydrogen-bond donors (Lipinski definition) is 3. The molecule has 1 unspecified atom stereocenters. The molecule has 0 fully saturated rings. The second-order valence-corrected chi connectivity index (χ2v) is 8.58. The van der Waals surface area contributed by atoms with E-state index in [-0.39, 0.29) is 51.4 Å². The number of ether oxygens (including phenoxy) is 1. The molecular formula is C24H15ClF5N3O3. The quantitative estimate of drug-likeness (QED) is 0.419. The molecule has 3 aromatic carbocycles. The van der Waals surface area contributed by atoms with Crippen molar-refractivity contribution in [3.05, 3.63) is 80.9 Å². The first-order chi connectivity index (χ1) is 17.0. The van der Waals surface area contributed by atoms with Crippen molar-refractivity contribution in [2.24, 2.45) is 5.73 Å². The number of amides is 2. The van der Waals surface area contributed by atoms with E-state index in [2.05, 4.69) is 10.6 Å². The summed E-state index contributed by atoms with van der Waals surface area (Å²) in [5.41, 5.74) is 2.97. The van der Waals surface area contributed by atoms with Crippen LogP contribution in [0.1, 0.15) is 43.4 Å². The van der Waals surface area contributed by atoms with Crippen LogP contribution in [0.15, 0.2) is 36.4 Å². The molecule has 3 aromatic rings. The van der Waals surface area contributed by atoms with Gasteiger partial charge in [0.1, 0.15) is 24.0 Å². The van der Waals surface area contributed by atoms with Crippen LogP contribution in [-0.2, 0) is 6.18 Å². The predicted molar refractivity (Wildman–Crippen MR) is 120 cm³/mol. The number of hydrogen-bond acceptors (Lipinski definition) is 4. The lowest BCUT2D eigenvalue weighted by Gasteiger charge is -2.25. The maximum atomic E-state index is 15.4. The van der Waals surface area contributed by atoms with Crippen LogP contribution in [-0.4, -0.2) is 25.0 Å². The Balaban J connectivity index is 1.87. The lowest BCUT2D eigenvalue weighted by atomic mass is 9.86. The van der Waals surface area contributed by atoms with Gasteiger partial charge in [-0.25, -0.2) is 8.78 Å². The number of nitrogens with one attached hydrogen (secondary N) is 2. The number of primary amides is 1. The molecule has 0 bridgehead atoms. The lowest BCUT2D eigenvalue weighted by molar-refractivity contribution is -0.137. The molecule has 2 amide bonds. The number of alkyl halides is 3. The number of fused-ring (bicyclic) bond motifs is 3. The van der Waals surface area contributed by atoms with Gasteiger partial charge in [-0.3, -0.25) is 9.59 Å². The van der Waals surface area contributed by atoms with Crippen molar-refractivity contribution in [2.45, 2.75) is 12.2 Å². The number of halogens is 6. The molecule has 0 saturated carbocycles. The average Bonchev–Trinajstić information content (AvgIpc) is 3.16. The molecule has 36 heavy (non-hydrogen) atoms. The Hall–Kier alpha value is -3.86. The third kappa shape index (κ3) is 3.79. The number of nitrogens with two attached hydrogens (primary N) is 1. The Bertz CT molecular complexity index is 1460. The second kappa shape index (κ2) is 8.37. The van der Waals surface area contributed by atoms with Crippen LogP contribution in [0, 0.1) is 11.6 Å². The van der Waals surface area contributed by atoms with Gasteiger partial charge in [-0.1, -0.05) is 11.6 Å². The highest BCUT2D eigenvalue weighted by Crippen LogP contribution is 2.49. The van der Waals surface area contributed by atoms with E-state index in [4.69, 9.17) is 22.1 Å². The van der Waals surface area contributed by atoms with Gasteiger partial charge in [0, 0.05) is 28.3 Å². The molecule has 0 spiro atoms. The number of carbonyl (C=O) groups excluding carboxylic acids is 2. The minimum absolute atomic E-state index is 0.00208. The van der Waals surface area contributed by atoms with Crippen molar-refractivity contribution < 1.29 is 36.3 Å². The molecule has 5 rings (SSSR count). The van der Waals surface area contributed by atoms with E-state index in [0.717, 1.165) is 12.1 Å². The Morgan fingerprint density at radius 3 is 2.56 bits per heavy atom. The minimum Gasteiger partial charge on any atom is -0.490 e. The SMILES string of the molecule is NC(=O)c1cc(C(F)(F)F)cc(F)c1-c1cc2c(c3c1C(c1cc(F)ccc1Cl)NC3=O)NCCO2. The number of benzene rings is 3. The van der Waals surface area contributed by atoms with Crippen molar-refractivity contribution in [1.82, 2.24) is 5.32 Å². The number of rotatable bonds is 3. The molecule has 2 aliphatic heterocycles. The zero-order valence-electron chi connectivity index (χ0n) is 18.0. The summed E-state index contributed by atoms with van der Waals surface area (Å²) >= 11 is 6.28. The van der Waals surface area contributed by atoms with E-state index in [1.54, 1.807) is 0 Å². The summed E-state index contributed by atoms with van der Waals surface area (Å²) in [6.07, 6.45) is -4.95. The van der Waals surface area contributed by atoms with Gasteiger partial charge in [-0.2, -0.15) is 13.2 Å². The molecule has 0 saturated heterocycles. The standard InChI is InChI=1S/C24H15ClF5N3O3/c25-14-2-1-10(26)7-11(14)20-18-12(8-16-21(32-3-4-36-16)19(18)23(35)33-20)17-13(22(31)34)5-9(6-15(17)27)24(28,29)30/h1-2,5-8,20,32H,3-4H2,(H2,31,34)(H,33,35). The zero-order chi connectivity index (χ0) is 25.9. The molecule has 2 heterocycles. The monoisotopic (exact) mass is 523 g/mol. The zero-order valence-corrected chi connectivity index (χ0v) is 18.8. The fourth-order valence-electron chi connectivity index (χ4n) is 4.53. The van der Waals surface area contributed by atoms with Gasteiger partial charge >= 0.3 is 6.18 Å². The van der Waals surface area contributed by atoms with Gasteiger partial charge in [-0.05, 0) is 42.0 Å². The molecule has 0 radical (unpaired) electrons. The summed E-state index contributed by atoms with van der Waals surface area (Å²) < 4.78 is 75.2. The van der Waals surface area contributed by atoms with Crippen LogP contribution >= 0.6 is 11.6 Å². The summed E-state index contributed by atoms with van der Waals surface area (Å²) in [5, 5.41) is 5.76. The average molecular weight is 524 g/mol. The maximum Gasteiger partial charge on any atom is 0.416 e. The van der Waals surface area contributed by atoms with Gasteiger partial charge in [0.25, 0.3) is 5.91 Å². The van der Waals surface area contributed by atoms with Crippen molar-refractivity contribution in [3.63, 3.8) is 0 Å². The van der Waals surface area contributed by atoms with Crippen LogP contribution in [0.5, 0.6) is 5.75 Å². The van der Waals surface area contributed by atoms with Crippen molar-refractivity contribution in [3.8, 4) is 16.9 Å². The predicted octanol–water partition coefficient (Wildman–Crippen LogP) is 5.04. The fourth-order valence-corrected chi connectivity index (χ4v) is 4.75. The van der Waals surface area contributed by atoms with Gasteiger partial charge in [0.2, 0.25) is 5.91 Å². The minimum atomic E-state index is -4.95. The smallest absolute Gasteiger partial charge is 0.416 e. The third-order valence-electron chi connectivity index (χ3n) is 6.01. The number of carbonyl (C=O) groups is 2. The second-order valence-electron chi connectivity index (χ2n) is 8.18. The Labute approximate surface area is 205 Å². The Morgan fingerprint density at radius 2 is 1.86 bits per heavy atom. The molecule has 2 aliphatic rings. The normalized spacial score (nSPS) is 16.5. The fraction of sp³-hybridized carbons (Fsp3) is 0.167. The summed E-state index contributed by atoms with van der Waals surface area (Å²) in [6, 6.07) is 4.31. The van der Waals surface area contributed by atoms with Gasteiger partial charge < -0.3 is 21.1 Å². The highest BCUT2D eigenvalue weighted by molar-refractivity contribution is 6.31. The summed E-state index contributed by atoms with van der Waals surface area (Å²) in [7, 11) is 0. The topological polar surface area (TPSA) is 93.5 Å². The first-order valence-corrected chi connectivity index (χ1v) is 10.9. The first kappa shape index (κ1) is 23.9.